The zero-order valence-electron chi connectivity index (χ0n) is 15.1. The van der Waals surface area contributed by atoms with Crippen molar-refractivity contribution >= 4 is 11.6 Å². The van der Waals surface area contributed by atoms with Gasteiger partial charge < -0.3 is 14.8 Å². The molecule has 0 radical (unpaired) electrons. The molecule has 1 aromatic carbocycles. The van der Waals surface area contributed by atoms with Gasteiger partial charge in [-0.25, -0.2) is 0 Å². The molecule has 0 aliphatic carbocycles. The number of para-hydroxylation sites is 1. The number of anilines is 1. The van der Waals surface area contributed by atoms with E-state index in [9.17, 15) is 4.79 Å². The molecule has 6 heteroatoms. The number of amides is 1. The minimum atomic E-state index is -0.0954. The molecule has 1 aliphatic rings. The number of carbonyl (C=O) groups excluding carboxylic acids is 1. The number of fused-ring (bicyclic) bond motifs is 1. The molecule has 0 spiro atoms. The first kappa shape index (κ1) is 16.4. The van der Waals surface area contributed by atoms with E-state index >= 15 is 0 Å². The summed E-state index contributed by atoms with van der Waals surface area (Å²) in [6.45, 7) is 3.62. The van der Waals surface area contributed by atoms with Crippen LogP contribution in [0.25, 0.3) is 5.82 Å². The number of hydrogen-bond acceptors (Lipinski definition) is 3. The predicted molar refractivity (Wildman–Crippen MR) is 102 cm³/mol. The Bertz CT molecular complexity index is 912. The van der Waals surface area contributed by atoms with Gasteiger partial charge in [-0.3, -0.25) is 9.48 Å². The second-order valence-corrected chi connectivity index (χ2v) is 6.73. The number of aromatic nitrogens is 3. The van der Waals surface area contributed by atoms with Gasteiger partial charge >= 0.3 is 0 Å². The molecule has 1 atom stereocenters. The highest BCUT2D eigenvalue weighted by atomic mass is 16.1. The van der Waals surface area contributed by atoms with E-state index in [0.717, 1.165) is 18.8 Å². The van der Waals surface area contributed by atoms with E-state index in [-0.39, 0.29) is 5.91 Å². The summed E-state index contributed by atoms with van der Waals surface area (Å²) < 4.78 is 3.62. The van der Waals surface area contributed by atoms with Crippen molar-refractivity contribution in [1.29, 1.82) is 0 Å². The first-order valence-corrected chi connectivity index (χ1v) is 8.93. The van der Waals surface area contributed by atoms with Gasteiger partial charge in [-0.05, 0) is 37.1 Å². The second-order valence-electron chi connectivity index (χ2n) is 6.73. The highest BCUT2D eigenvalue weighted by molar-refractivity contribution is 5.97. The molecular weight excluding hydrogens is 326 g/mol. The van der Waals surface area contributed by atoms with Crippen LogP contribution in [0.15, 0.2) is 55.0 Å². The molecule has 26 heavy (non-hydrogen) atoms. The molecule has 1 unspecified atom stereocenters. The molecule has 1 amide bonds. The molecule has 0 saturated carbocycles. The Morgan fingerprint density at radius 1 is 1.23 bits per heavy atom. The second kappa shape index (κ2) is 6.71. The molecule has 3 aromatic rings. The van der Waals surface area contributed by atoms with E-state index in [1.54, 1.807) is 10.9 Å². The molecule has 4 rings (SSSR count). The summed E-state index contributed by atoms with van der Waals surface area (Å²) in [5.41, 5.74) is 3.25. The number of aryl methyl sites for hydroxylation is 1. The topological polar surface area (TPSA) is 55.1 Å². The molecule has 1 N–H and O–H groups in total. The summed E-state index contributed by atoms with van der Waals surface area (Å²) in [6, 6.07) is 12.8. The molecular formula is C20H23N5O. The van der Waals surface area contributed by atoms with Crippen molar-refractivity contribution < 1.29 is 4.79 Å². The highest BCUT2D eigenvalue weighted by Crippen LogP contribution is 2.31. The zero-order chi connectivity index (χ0) is 18.1. The molecule has 0 bridgehead atoms. The number of rotatable bonds is 5. The fourth-order valence-corrected chi connectivity index (χ4v) is 3.73. The van der Waals surface area contributed by atoms with Gasteiger partial charge in [0.2, 0.25) is 0 Å². The van der Waals surface area contributed by atoms with Crippen LogP contribution in [-0.2, 0) is 13.5 Å². The van der Waals surface area contributed by atoms with Crippen molar-refractivity contribution in [3.63, 3.8) is 0 Å². The molecule has 1 aliphatic heterocycles. The lowest BCUT2D eigenvalue weighted by atomic mass is 10.1. The van der Waals surface area contributed by atoms with Crippen molar-refractivity contribution in [3.05, 3.63) is 66.1 Å². The van der Waals surface area contributed by atoms with Crippen LogP contribution in [0.1, 0.15) is 22.8 Å². The Morgan fingerprint density at radius 2 is 2.00 bits per heavy atom. The van der Waals surface area contributed by atoms with E-state index in [0.29, 0.717) is 18.2 Å². The minimum Gasteiger partial charge on any atom is -0.367 e. The van der Waals surface area contributed by atoms with Crippen molar-refractivity contribution in [2.24, 2.45) is 7.05 Å². The van der Waals surface area contributed by atoms with Crippen LogP contribution in [0.2, 0.25) is 0 Å². The van der Waals surface area contributed by atoms with Crippen molar-refractivity contribution in [2.75, 3.05) is 18.0 Å². The van der Waals surface area contributed by atoms with Crippen molar-refractivity contribution in [2.45, 2.75) is 19.4 Å². The van der Waals surface area contributed by atoms with Crippen LogP contribution in [0, 0.1) is 0 Å². The monoisotopic (exact) mass is 349 g/mol. The smallest absolute Gasteiger partial charge is 0.256 e. The summed E-state index contributed by atoms with van der Waals surface area (Å²) in [6.07, 6.45) is 6.51. The minimum absolute atomic E-state index is 0.0954. The van der Waals surface area contributed by atoms with E-state index in [1.807, 2.05) is 36.1 Å². The van der Waals surface area contributed by atoms with Crippen LogP contribution >= 0.6 is 0 Å². The van der Waals surface area contributed by atoms with Crippen molar-refractivity contribution in [1.82, 2.24) is 19.7 Å². The summed E-state index contributed by atoms with van der Waals surface area (Å²) in [4.78, 5) is 15.0. The molecule has 0 fully saturated rings. The van der Waals surface area contributed by atoms with Crippen LogP contribution in [-0.4, -0.2) is 39.4 Å². The third-order valence-corrected chi connectivity index (χ3v) is 4.99. The maximum atomic E-state index is 12.7. The highest BCUT2D eigenvalue weighted by Gasteiger charge is 2.25. The van der Waals surface area contributed by atoms with Gasteiger partial charge in [0.15, 0.2) is 0 Å². The van der Waals surface area contributed by atoms with E-state index < -0.39 is 0 Å². The molecule has 0 saturated heterocycles. The van der Waals surface area contributed by atoms with Crippen LogP contribution < -0.4 is 10.2 Å². The summed E-state index contributed by atoms with van der Waals surface area (Å²) in [5.74, 6) is 0.675. The van der Waals surface area contributed by atoms with Gasteiger partial charge in [-0.1, -0.05) is 18.2 Å². The molecule has 134 valence electrons. The normalized spacial score (nSPS) is 15.9. The van der Waals surface area contributed by atoms with E-state index in [1.165, 1.54) is 11.3 Å². The lowest BCUT2D eigenvalue weighted by Gasteiger charge is -2.25. The molecule has 3 heterocycles. The Kier molecular flexibility index (Phi) is 4.24. The summed E-state index contributed by atoms with van der Waals surface area (Å²) in [5, 5.41) is 7.29. The average molecular weight is 349 g/mol. The van der Waals surface area contributed by atoms with Crippen LogP contribution in [0.5, 0.6) is 0 Å². The summed E-state index contributed by atoms with van der Waals surface area (Å²) >= 11 is 0. The maximum Gasteiger partial charge on any atom is 0.256 e. The largest absolute Gasteiger partial charge is 0.367 e. The van der Waals surface area contributed by atoms with E-state index in [4.69, 9.17) is 0 Å². The number of benzene rings is 1. The van der Waals surface area contributed by atoms with Gasteiger partial charge in [-0.15, -0.1) is 0 Å². The third-order valence-electron chi connectivity index (χ3n) is 4.99. The third kappa shape index (κ3) is 2.87. The number of carbonyl (C=O) groups is 1. The maximum absolute atomic E-state index is 12.7. The fraction of sp³-hybridized carbons (Fsp3) is 0.300. The SMILES string of the molecule is CC1Cc2ccccc2N1CCNC(=O)c1cnn(C)c1-n1cccc1. The fourth-order valence-electron chi connectivity index (χ4n) is 3.73. The quantitative estimate of drug-likeness (QED) is 0.769. The lowest BCUT2D eigenvalue weighted by molar-refractivity contribution is 0.0954. The first-order valence-electron chi connectivity index (χ1n) is 8.93. The zero-order valence-corrected chi connectivity index (χ0v) is 15.1. The standard InChI is InChI=1S/C20H23N5O/c1-15-13-16-7-3-4-8-18(16)25(15)12-9-21-19(26)17-14-22-23(2)20(17)24-10-5-6-11-24/h3-8,10-11,14-15H,9,12-13H2,1-2H3,(H,21,26). The van der Waals surface area contributed by atoms with Crippen LogP contribution in [0.3, 0.4) is 0 Å². The van der Waals surface area contributed by atoms with Gasteiger partial charge in [0, 0.05) is 44.3 Å². The lowest BCUT2D eigenvalue weighted by Crippen LogP contribution is -2.38. The van der Waals surface area contributed by atoms with Gasteiger partial charge in [0.05, 0.1) is 6.20 Å². The van der Waals surface area contributed by atoms with Gasteiger partial charge in [0.1, 0.15) is 11.4 Å². The van der Waals surface area contributed by atoms with E-state index in [2.05, 4.69) is 46.5 Å². The van der Waals surface area contributed by atoms with Crippen LogP contribution in [0.4, 0.5) is 5.69 Å². The molecule has 6 nitrogen and oxygen atoms in total. The average Bonchev–Trinajstić information content (AvgIpc) is 3.34. The Labute approximate surface area is 153 Å². The number of nitrogens with one attached hydrogen (secondary N) is 1. The Balaban J connectivity index is 1.43. The molecule has 2 aromatic heterocycles. The predicted octanol–water partition coefficient (Wildman–Crippen LogP) is 2.39. The van der Waals surface area contributed by atoms with Gasteiger partial charge in [-0.2, -0.15) is 5.10 Å². The Morgan fingerprint density at radius 3 is 2.81 bits per heavy atom. The first-order chi connectivity index (χ1) is 12.6. The summed E-state index contributed by atoms with van der Waals surface area (Å²) in [7, 11) is 1.84. The number of nitrogens with zero attached hydrogens (tertiary/aromatic N) is 4. The van der Waals surface area contributed by atoms with Crippen molar-refractivity contribution in [3.8, 4) is 5.82 Å². The van der Waals surface area contributed by atoms with Gasteiger partial charge in [0.25, 0.3) is 5.91 Å². The Hall–Kier alpha value is -3.02. The number of hydrogen-bond donors (Lipinski definition) is 1.